The molecule has 0 unspecified atom stereocenters. The highest BCUT2D eigenvalue weighted by atomic mass is 16.3. The lowest BCUT2D eigenvalue weighted by molar-refractivity contribution is 0.101. The third-order valence-electron chi connectivity index (χ3n) is 3.04. The first kappa shape index (κ1) is 10.7. The molecule has 3 rings (SSSR count). The van der Waals surface area contributed by atoms with Gasteiger partial charge in [0.1, 0.15) is 17.5 Å². The maximum Gasteiger partial charge on any atom is 0.159 e. The van der Waals surface area contributed by atoms with Crippen LogP contribution in [0.5, 0.6) is 0 Å². The number of furan rings is 1. The van der Waals surface area contributed by atoms with Crippen molar-refractivity contribution in [2.75, 3.05) is 0 Å². The summed E-state index contributed by atoms with van der Waals surface area (Å²) in [6.45, 7) is 1.53. The van der Waals surface area contributed by atoms with Gasteiger partial charge in [0.25, 0.3) is 0 Å². The number of carbonyl (C=O) groups excluding carboxylic acids is 2. The molecule has 0 fully saturated rings. The van der Waals surface area contributed by atoms with Crippen LogP contribution in [0, 0.1) is 0 Å². The van der Waals surface area contributed by atoms with Crippen LogP contribution in [0.4, 0.5) is 0 Å². The molecule has 0 atom stereocenters. The first-order chi connectivity index (χ1) is 8.69. The first-order valence-electron chi connectivity index (χ1n) is 5.61. The second-order valence-corrected chi connectivity index (χ2v) is 4.24. The van der Waals surface area contributed by atoms with E-state index >= 15 is 0 Å². The van der Waals surface area contributed by atoms with Gasteiger partial charge in [0.05, 0.1) is 0 Å². The smallest absolute Gasteiger partial charge is 0.159 e. The van der Waals surface area contributed by atoms with Gasteiger partial charge in [-0.1, -0.05) is 0 Å². The van der Waals surface area contributed by atoms with Crippen LogP contribution in [0.25, 0.3) is 21.9 Å². The van der Waals surface area contributed by atoms with E-state index in [0.29, 0.717) is 11.1 Å². The summed E-state index contributed by atoms with van der Waals surface area (Å²) >= 11 is 0. The van der Waals surface area contributed by atoms with Gasteiger partial charge in [0.15, 0.2) is 5.78 Å². The van der Waals surface area contributed by atoms with Gasteiger partial charge >= 0.3 is 0 Å². The fourth-order valence-corrected chi connectivity index (χ4v) is 2.09. The number of Topliss-reactive ketones (excluding diaryl/α,β-unsaturated/α-hetero) is 1. The molecule has 3 heteroatoms. The maximum atomic E-state index is 11.4. The molecule has 0 spiro atoms. The summed E-state index contributed by atoms with van der Waals surface area (Å²) < 4.78 is 5.66. The Bertz CT molecular complexity index is 781. The average molecular weight is 238 g/mol. The summed E-state index contributed by atoms with van der Waals surface area (Å²) in [6, 6.07) is 10.6. The summed E-state index contributed by atoms with van der Waals surface area (Å²) in [6.07, 6.45) is 0.799. The molecule has 18 heavy (non-hydrogen) atoms. The fraction of sp³-hybridized carbons (Fsp3) is 0.0667. The van der Waals surface area contributed by atoms with Gasteiger partial charge in [0.2, 0.25) is 0 Å². The number of rotatable bonds is 2. The van der Waals surface area contributed by atoms with Crippen LogP contribution in [0.15, 0.2) is 40.8 Å². The third kappa shape index (κ3) is 1.52. The Labute approximate surface area is 103 Å². The summed E-state index contributed by atoms with van der Waals surface area (Å²) in [5.74, 6) is 0.0118. The Balaban J connectivity index is 2.40. The number of aldehydes is 1. The van der Waals surface area contributed by atoms with Crippen molar-refractivity contribution in [3.63, 3.8) is 0 Å². The van der Waals surface area contributed by atoms with Crippen molar-refractivity contribution >= 4 is 34.0 Å². The molecule has 0 amide bonds. The Kier molecular flexibility index (Phi) is 2.27. The fourth-order valence-electron chi connectivity index (χ4n) is 2.09. The topological polar surface area (TPSA) is 47.3 Å². The van der Waals surface area contributed by atoms with E-state index in [0.717, 1.165) is 28.2 Å². The van der Waals surface area contributed by atoms with Gasteiger partial charge in [-0.2, -0.15) is 0 Å². The molecule has 0 saturated carbocycles. The predicted octanol–water partition coefficient (Wildman–Crippen LogP) is 3.60. The Hall–Kier alpha value is -2.42. The second kappa shape index (κ2) is 3.81. The number of hydrogen-bond acceptors (Lipinski definition) is 3. The zero-order chi connectivity index (χ0) is 12.7. The zero-order valence-corrected chi connectivity index (χ0v) is 9.77. The zero-order valence-electron chi connectivity index (χ0n) is 9.77. The van der Waals surface area contributed by atoms with E-state index in [1.165, 1.54) is 6.92 Å². The van der Waals surface area contributed by atoms with Crippen LogP contribution in [0.2, 0.25) is 0 Å². The summed E-state index contributed by atoms with van der Waals surface area (Å²) in [4.78, 5) is 22.2. The van der Waals surface area contributed by atoms with Crippen LogP contribution in [0.1, 0.15) is 27.6 Å². The summed E-state index contributed by atoms with van der Waals surface area (Å²) in [7, 11) is 0. The molecule has 3 aromatic rings. The number of ketones is 1. The van der Waals surface area contributed by atoms with E-state index in [2.05, 4.69) is 0 Å². The van der Waals surface area contributed by atoms with E-state index in [-0.39, 0.29) is 5.78 Å². The molecule has 0 aliphatic carbocycles. The van der Waals surface area contributed by atoms with E-state index in [4.69, 9.17) is 4.42 Å². The van der Waals surface area contributed by atoms with Gasteiger partial charge in [-0.05, 0) is 43.3 Å². The lowest BCUT2D eigenvalue weighted by Gasteiger charge is -1.95. The molecule has 1 aromatic heterocycles. The number of hydrogen-bond donors (Lipinski definition) is 0. The number of fused-ring (bicyclic) bond motifs is 3. The van der Waals surface area contributed by atoms with Crippen LogP contribution in [-0.2, 0) is 0 Å². The molecule has 0 radical (unpaired) electrons. The van der Waals surface area contributed by atoms with Gasteiger partial charge in [-0.15, -0.1) is 0 Å². The minimum Gasteiger partial charge on any atom is -0.456 e. The molecule has 0 aliphatic rings. The van der Waals surface area contributed by atoms with Crippen molar-refractivity contribution in [2.45, 2.75) is 6.92 Å². The van der Waals surface area contributed by atoms with Crippen LogP contribution >= 0.6 is 0 Å². The van der Waals surface area contributed by atoms with Crippen molar-refractivity contribution in [2.24, 2.45) is 0 Å². The quantitative estimate of drug-likeness (QED) is 0.506. The van der Waals surface area contributed by atoms with Crippen LogP contribution in [0.3, 0.4) is 0 Å². The lowest BCUT2D eigenvalue weighted by Crippen LogP contribution is -1.90. The Morgan fingerprint density at radius 1 is 1.06 bits per heavy atom. The van der Waals surface area contributed by atoms with Crippen LogP contribution in [-0.4, -0.2) is 12.1 Å². The molecule has 2 aromatic carbocycles. The Morgan fingerprint density at radius 2 is 1.72 bits per heavy atom. The molecule has 88 valence electrons. The summed E-state index contributed by atoms with van der Waals surface area (Å²) in [5.41, 5.74) is 2.68. The highest BCUT2D eigenvalue weighted by molar-refractivity contribution is 6.09. The van der Waals surface area contributed by atoms with Crippen molar-refractivity contribution in [3.05, 3.63) is 47.5 Å². The second-order valence-electron chi connectivity index (χ2n) is 4.24. The van der Waals surface area contributed by atoms with E-state index in [1.807, 2.05) is 0 Å². The van der Waals surface area contributed by atoms with E-state index in [1.54, 1.807) is 36.4 Å². The third-order valence-corrected chi connectivity index (χ3v) is 3.04. The van der Waals surface area contributed by atoms with E-state index < -0.39 is 0 Å². The molecule has 3 nitrogen and oxygen atoms in total. The largest absolute Gasteiger partial charge is 0.456 e. The monoisotopic (exact) mass is 238 g/mol. The standard InChI is InChI=1S/C15H10O3/c1-9(17)11-3-5-15-13(7-11)12-6-10(8-16)2-4-14(12)18-15/h2-8H,1H3. The van der Waals surface area contributed by atoms with Crippen molar-refractivity contribution in [3.8, 4) is 0 Å². The van der Waals surface area contributed by atoms with Crippen molar-refractivity contribution in [1.82, 2.24) is 0 Å². The average Bonchev–Trinajstić information content (AvgIpc) is 2.75. The van der Waals surface area contributed by atoms with Gasteiger partial charge in [0, 0.05) is 21.9 Å². The normalized spacial score (nSPS) is 10.9. The highest BCUT2D eigenvalue weighted by Crippen LogP contribution is 2.30. The molecule has 1 heterocycles. The van der Waals surface area contributed by atoms with Gasteiger partial charge < -0.3 is 4.42 Å². The van der Waals surface area contributed by atoms with Gasteiger partial charge in [-0.25, -0.2) is 0 Å². The van der Waals surface area contributed by atoms with Crippen molar-refractivity contribution in [1.29, 1.82) is 0 Å². The van der Waals surface area contributed by atoms with Crippen molar-refractivity contribution < 1.29 is 14.0 Å². The van der Waals surface area contributed by atoms with Gasteiger partial charge in [-0.3, -0.25) is 9.59 Å². The minimum absolute atomic E-state index is 0.0118. The highest BCUT2D eigenvalue weighted by Gasteiger charge is 2.09. The summed E-state index contributed by atoms with van der Waals surface area (Å²) in [5, 5.41) is 1.72. The minimum atomic E-state index is 0.0118. The molecule has 0 aliphatic heterocycles. The SMILES string of the molecule is CC(=O)c1ccc2oc3ccc(C=O)cc3c2c1. The molecule has 0 N–H and O–H groups in total. The van der Waals surface area contributed by atoms with Crippen LogP contribution < -0.4 is 0 Å². The molecule has 0 saturated heterocycles. The number of benzene rings is 2. The maximum absolute atomic E-state index is 11.4. The predicted molar refractivity (Wildman–Crippen MR) is 69.1 cm³/mol. The number of carbonyl (C=O) groups is 2. The molecule has 0 bridgehead atoms. The lowest BCUT2D eigenvalue weighted by atomic mass is 10.1. The van der Waals surface area contributed by atoms with E-state index in [9.17, 15) is 9.59 Å². The Morgan fingerprint density at radius 3 is 2.39 bits per heavy atom. The molecular formula is C15H10O3. The molecular weight excluding hydrogens is 228 g/mol. The first-order valence-corrected chi connectivity index (χ1v) is 5.61.